The van der Waals surface area contributed by atoms with Gasteiger partial charge < -0.3 is 10.6 Å². The van der Waals surface area contributed by atoms with Gasteiger partial charge in [-0.05, 0) is 29.8 Å². The van der Waals surface area contributed by atoms with Crippen LogP contribution in [0.3, 0.4) is 0 Å². The highest BCUT2D eigenvalue weighted by atomic mass is 35.5. The summed E-state index contributed by atoms with van der Waals surface area (Å²) < 4.78 is 0. The van der Waals surface area contributed by atoms with Crippen LogP contribution in [0, 0.1) is 0 Å². The normalized spacial score (nSPS) is 10.2. The van der Waals surface area contributed by atoms with Gasteiger partial charge in [0.1, 0.15) is 5.82 Å². The van der Waals surface area contributed by atoms with Crippen LogP contribution in [0.2, 0.25) is 5.02 Å². The van der Waals surface area contributed by atoms with Crippen LogP contribution >= 0.6 is 11.6 Å². The molecular formula is C14H14ClN3O. The highest BCUT2D eigenvalue weighted by Gasteiger charge is 2.15. The predicted octanol–water partition coefficient (Wildman–Crippen LogP) is 2.59. The number of hydrogen-bond acceptors (Lipinski definition) is 3. The molecule has 0 spiro atoms. The minimum atomic E-state index is -0.162. The molecule has 0 aliphatic carbocycles. The van der Waals surface area contributed by atoms with Gasteiger partial charge in [-0.15, -0.1) is 0 Å². The standard InChI is InChI=1S/C14H14ClN3O/c1-18(9-10-4-2-5-11(15)8-10)14(19)12-6-3-7-17-13(12)16/h2-8H,9H2,1H3,(H2,16,17). The van der Waals surface area contributed by atoms with Gasteiger partial charge in [0.05, 0.1) is 5.56 Å². The third kappa shape index (κ3) is 3.23. The smallest absolute Gasteiger partial charge is 0.257 e. The molecule has 0 bridgehead atoms. The number of amides is 1. The lowest BCUT2D eigenvalue weighted by molar-refractivity contribution is 0.0786. The number of hydrogen-bond donors (Lipinski definition) is 1. The molecule has 1 amide bonds. The molecule has 2 aromatic rings. The first-order valence-electron chi connectivity index (χ1n) is 5.78. The molecule has 2 rings (SSSR count). The second-order valence-corrected chi connectivity index (χ2v) is 4.66. The zero-order valence-corrected chi connectivity index (χ0v) is 11.3. The van der Waals surface area contributed by atoms with Crippen LogP contribution in [0.15, 0.2) is 42.6 Å². The quantitative estimate of drug-likeness (QED) is 0.937. The molecule has 0 atom stereocenters. The van der Waals surface area contributed by atoms with Crippen molar-refractivity contribution in [1.82, 2.24) is 9.88 Å². The van der Waals surface area contributed by atoms with E-state index in [1.807, 2.05) is 18.2 Å². The Kier molecular flexibility index (Phi) is 4.02. The summed E-state index contributed by atoms with van der Waals surface area (Å²) in [5.41, 5.74) is 7.07. The third-order valence-electron chi connectivity index (χ3n) is 2.72. The second kappa shape index (κ2) is 5.71. The van der Waals surface area contributed by atoms with Crippen LogP contribution in [0.1, 0.15) is 15.9 Å². The maximum atomic E-state index is 12.2. The van der Waals surface area contributed by atoms with E-state index in [0.717, 1.165) is 5.56 Å². The average molecular weight is 276 g/mol. The van der Waals surface area contributed by atoms with Gasteiger partial charge in [0.2, 0.25) is 0 Å². The van der Waals surface area contributed by atoms with Crippen molar-refractivity contribution < 1.29 is 4.79 Å². The number of halogens is 1. The van der Waals surface area contributed by atoms with Crippen molar-refractivity contribution in [3.05, 3.63) is 58.7 Å². The Bertz CT molecular complexity index is 601. The van der Waals surface area contributed by atoms with Gasteiger partial charge in [0.25, 0.3) is 5.91 Å². The van der Waals surface area contributed by atoms with Crippen molar-refractivity contribution in [2.45, 2.75) is 6.54 Å². The van der Waals surface area contributed by atoms with Gasteiger partial charge in [-0.25, -0.2) is 4.98 Å². The molecule has 0 saturated carbocycles. The van der Waals surface area contributed by atoms with E-state index >= 15 is 0 Å². The van der Waals surface area contributed by atoms with Gasteiger partial charge in [0.15, 0.2) is 0 Å². The summed E-state index contributed by atoms with van der Waals surface area (Å²) in [5.74, 6) is 0.0796. The molecule has 5 heteroatoms. The molecule has 1 heterocycles. The Morgan fingerprint density at radius 3 is 2.84 bits per heavy atom. The minimum Gasteiger partial charge on any atom is -0.383 e. The highest BCUT2D eigenvalue weighted by Crippen LogP contribution is 2.15. The molecule has 0 aliphatic rings. The lowest BCUT2D eigenvalue weighted by Gasteiger charge is -2.18. The summed E-state index contributed by atoms with van der Waals surface area (Å²) in [4.78, 5) is 17.7. The first kappa shape index (κ1) is 13.4. The Hall–Kier alpha value is -2.07. The number of carbonyl (C=O) groups is 1. The largest absolute Gasteiger partial charge is 0.383 e. The van der Waals surface area contributed by atoms with Crippen molar-refractivity contribution in [2.75, 3.05) is 12.8 Å². The van der Waals surface area contributed by atoms with Crippen LogP contribution in [-0.2, 0) is 6.54 Å². The van der Waals surface area contributed by atoms with Crippen molar-refractivity contribution in [1.29, 1.82) is 0 Å². The summed E-state index contributed by atoms with van der Waals surface area (Å²) in [6.07, 6.45) is 1.56. The monoisotopic (exact) mass is 275 g/mol. The molecule has 4 nitrogen and oxygen atoms in total. The maximum Gasteiger partial charge on any atom is 0.257 e. The van der Waals surface area contributed by atoms with E-state index in [4.69, 9.17) is 17.3 Å². The highest BCUT2D eigenvalue weighted by molar-refractivity contribution is 6.30. The molecular weight excluding hydrogens is 262 g/mol. The number of rotatable bonds is 3. The van der Waals surface area contributed by atoms with Crippen LogP contribution in [0.5, 0.6) is 0 Å². The van der Waals surface area contributed by atoms with Crippen molar-refractivity contribution in [2.24, 2.45) is 0 Å². The van der Waals surface area contributed by atoms with Gasteiger partial charge in [-0.3, -0.25) is 4.79 Å². The Balaban J connectivity index is 2.14. The summed E-state index contributed by atoms with van der Waals surface area (Å²) in [6, 6.07) is 10.8. The van der Waals surface area contributed by atoms with Crippen molar-refractivity contribution in [3.63, 3.8) is 0 Å². The average Bonchev–Trinajstić information content (AvgIpc) is 2.38. The van der Waals surface area contributed by atoms with Gasteiger partial charge >= 0.3 is 0 Å². The number of pyridine rings is 1. The summed E-state index contributed by atoms with van der Waals surface area (Å²) in [7, 11) is 1.72. The van der Waals surface area contributed by atoms with E-state index in [2.05, 4.69) is 4.98 Å². The number of benzene rings is 1. The molecule has 1 aromatic heterocycles. The molecule has 2 N–H and O–H groups in total. The van der Waals surface area contributed by atoms with Gasteiger partial charge in [0, 0.05) is 24.8 Å². The molecule has 98 valence electrons. The lowest BCUT2D eigenvalue weighted by atomic mass is 10.2. The molecule has 19 heavy (non-hydrogen) atoms. The van der Waals surface area contributed by atoms with Crippen LogP contribution < -0.4 is 5.73 Å². The summed E-state index contributed by atoms with van der Waals surface area (Å²) >= 11 is 5.92. The third-order valence-corrected chi connectivity index (χ3v) is 2.96. The number of nitrogens with zero attached hydrogens (tertiary/aromatic N) is 2. The number of anilines is 1. The van der Waals surface area contributed by atoms with E-state index in [1.165, 1.54) is 0 Å². The number of nitrogen functional groups attached to an aromatic ring is 1. The zero-order valence-electron chi connectivity index (χ0n) is 10.5. The summed E-state index contributed by atoms with van der Waals surface area (Å²) in [6.45, 7) is 0.466. The lowest BCUT2D eigenvalue weighted by Crippen LogP contribution is -2.27. The molecule has 1 aromatic carbocycles. The van der Waals surface area contributed by atoms with Gasteiger partial charge in [-0.2, -0.15) is 0 Å². The Morgan fingerprint density at radius 2 is 2.16 bits per heavy atom. The van der Waals surface area contributed by atoms with E-state index in [-0.39, 0.29) is 11.7 Å². The Labute approximate surface area is 116 Å². The predicted molar refractivity (Wildman–Crippen MR) is 75.9 cm³/mol. The minimum absolute atomic E-state index is 0.162. The summed E-state index contributed by atoms with van der Waals surface area (Å²) in [5, 5.41) is 0.652. The maximum absolute atomic E-state index is 12.2. The second-order valence-electron chi connectivity index (χ2n) is 4.23. The van der Waals surface area contributed by atoms with Gasteiger partial charge in [-0.1, -0.05) is 23.7 Å². The van der Waals surface area contributed by atoms with Crippen molar-refractivity contribution in [3.8, 4) is 0 Å². The zero-order chi connectivity index (χ0) is 13.8. The Morgan fingerprint density at radius 1 is 1.37 bits per heavy atom. The number of nitrogens with two attached hydrogens (primary N) is 1. The van der Waals surface area contributed by atoms with Crippen LogP contribution in [0.4, 0.5) is 5.82 Å². The van der Waals surface area contributed by atoms with E-state index in [9.17, 15) is 4.79 Å². The van der Waals surface area contributed by atoms with Crippen LogP contribution in [-0.4, -0.2) is 22.8 Å². The molecule has 0 unspecified atom stereocenters. The molecule has 0 radical (unpaired) electrons. The first-order valence-corrected chi connectivity index (χ1v) is 6.16. The van der Waals surface area contributed by atoms with E-state index in [0.29, 0.717) is 17.1 Å². The first-order chi connectivity index (χ1) is 9.08. The number of carbonyl (C=O) groups excluding carboxylic acids is 1. The molecule has 0 saturated heterocycles. The van der Waals surface area contributed by atoms with E-state index in [1.54, 1.807) is 36.3 Å². The fourth-order valence-electron chi connectivity index (χ4n) is 1.78. The van der Waals surface area contributed by atoms with E-state index < -0.39 is 0 Å². The fourth-order valence-corrected chi connectivity index (χ4v) is 2.00. The fraction of sp³-hybridized carbons (Fsp3) is 0.143. The van der Waals surface area contributed by atoms with Crippen molar-refractivity contribution >= 4 is 23.3 Å². The SMILES string of the molecule is CN(Cc1cccc(Cl)c1)C(=O)c1cccnc1N. The topological polar surface area (TPSA) is 59.2 Å². The number of aromatic nitrogens is 1. The van der Waals surface area contributed by atoms with Crippen LogP contribution in [0.25, 0.3) is 0 Å². The molecule has 0 aliphatic heterocycles. The molecule has 0 fully saturated rings.